The van der Waals surface area contributed by atoms with Crippen LogP contribution in [0, 0.1) is 5.92 Å². The molecule has 2 fully saturated rings. The molecule has 4 rings (SSSR count). The fourth-order valence-electron chi connectivity index (χ4n) is 4.42. The molecule has 0 bridgehead atoms. The number of carbonyl (C=O) groups excluding carboxylic acids is 1. The molecule has 2 nitrogen and oxygen atoms in total. The maximum absolute atomic E-state index is 12.8. The van der Waals surface area contributed by atoms with Crippen molar-refractivity contribution in [3.05, 3.63) is 66.2 Å². The van der Waals surface area contributed by atoms with Crippen LogP contribution in [0.1, 0.15) is 43.7 Å². The lowest BCUT2D eigenvalue weighted by atomic mass is 9.74. The first-order valence-electron chi connectivity index (χ1n) is 8.75. The van der Waals surface area contributed by atoms with Crippen LogP contribution in [0.5, 0.6) is 0 Å². The fraction of sp³-hybridized carbons (Fsp3) is 0.381. The van der Waals surface area contributed by atoms with Gasteiger partial charge < -0.3 is 4.90 Å². The summed E-state index contributed by atoms with van der Waals surface area (Å²) < 4.78 is 0. The van der Waals surface area contributed by atoms with E-state index in [0.29, 0.717) is 18.2 Å². The second-order valence-corrected chi connectivity index (χ2v) is 6.80. The fourth-order valence-corrected chi connectivity index (χ4v) is 4.42. The van der Waals surface area contributed by atoms with Crippen molar-refractivity contribution in [3.8, 4) is 0 Å². The second kappa shape index (κ2) is 6.19. The van der Waals surface area contributed by atoms with E-state index in [1.807, 2.05) is 6.07 Å². The van der Waals surface area contributed by atoms with E-state index < -0.39 is 0 Å². The Labute approximate surface area is 138 Å². The van der Waals surface area contributed by atoms with Gasteiger partial charge in [0.25, 0.3) is 0 Å². The van der Waals surface area contributed by atoms with Gasteiger partial charge in [-0.3, -0.25) is 4.79 Å². The van der Waals surface area contributed by atoms with E-state index >= 15 is 0 Å². The van der Waals surface area contributed by atoms with Crippen molar-refractivity contribution < 1.29 is 4.79 Å². The van der Waals surface area contributed by atoms with Gasteiger partial charge in [0.05, 0.1) is 6.04 Å². The van der Waals surface area contributed by atoms with E-state index in [-0.39, 0.29) is 12.0 Å². The molecule has 2 aromatic rings. The first-order valence-corrected chi connectivity index (χ1v) is 8.75. The van der Waals surface area contributed by atoms with Crippen molar-refractivity contribution in [1.29, 1.82) is 0 Å². The number of piperidine rings is 1. The summed E-state index contributed by atoms with van der Waals surface area (Å²) in [6, 6.07) is 21.7. The molecule has 0 aromatic heterocycles. The van der Waals surface area contributed by atoms with Crippen molar-refractivity contribution >= 4 is 11.5 Å². The van der Waals surface area contributed by atoms with Gasteiger partial charge >= 0.3 is 0 Å². The van der Waals surface area contributed by atoms with Gasteiger partial charge in [-0.25, -0.2) is 0 Å². The average Bonchev–Trinajstić information content (AvgIpc) is 2.63. The van der Waals surface area contributed by atoms with E-state index in [2.05, 4.69) is 59.5 Å². The Morgan fingerprint density at radius 3 is 2.22 bits per heavy atom. The summed E-state index contributed by atoms with van der Waals surface area (Å²) in [5, 5.41) is 0. The minimum Gasteiger partial charge on any atom is -0.360 e. The van der Waals surface area contributed by atoms with Crippen LogP contribution in [-0.4, -0.2) is 11.8 Å². The number of hydrogen-bond donors (Lipinski definition) is 0. The third-order valence-electron chi connectivity index (χ3n) is 5.47. The lowest BCUT2D eigenvalue weighted by molar-refractivity contribution is -0.126. The summed E-state index contributed by atoms with van der Waals surface area (Å²) >= 11 is 0. The highest BCUT2D eigenvalue weighted by Gasteiger charge is 2.43. The molecule has 2 heteroatoms. The molecule has 0 spiro atoms. The SMILES string of the molecule is O=C1C[C@H](c2ccccc2)N(c2ccccc2)[C@@H]2CCCC[C@@H]12. The molecule has 2 aromatic carbocycles. The minimum absolute atomic E-state index is 0.172. The van der Waals surface area contributed by atoms with Gasteiger partial charge in [0.15, 0.2) is 0 Å². The minimum atomic E-state index is 0.172. The molecule has 0 N–H and O–H groups in total. The van der Waals surface area contributed by atoms with Crippen LogP contribution >= 0.6 is 0 Å². The van der Waals surface area contributed by atoms with E-state index in [0.717, 1.165) is 12.8 Å². The molecular formula is C21H23NO. The number of carbonyl (C=O) groups is 1. The first kappa shape index (κ1) is 14.5. The van der Waals surface area contributed by atoms with Gasteiger partial charge in [0.2, 0.25) is 0 Å². The van der Waals surface area contributed by atoms with Crippen molar-refractivity contribution in [2.24, 2.45) is 5.92 Å². The molecule has 23 heavy (non-hydrogen) atoms. The number of fused-ring (bicyclic) bond motifs is 1. The quantitative estimate of drug-likeness (QED) is 0.797. The van der Waals surface area contributed by atoms with Crippen molar-refractivity contribution in [2.45, 2.75) is 44.2 Å². The van der Waals surface area contributed by atoms with Crippen LogP contribution < -0.4 is 4.90 Å². The third-order valence-corrected chi connectivity index (χ3v) is 5.47. The first-order chi connectivity index (χ1) is 11.3. The summed E-state index contributed by atoms with van der Waals surface area (Å²) in [5.74, 6) is 0.694. The Kier molecular flexibility index (Phi) is 3.90. The number of Topliss-reactive ketones (excluding diaryl/α,β-unsaturated/α-hetero) is 1. The van der Waals surface area contributed by atoms with Gasteiger partial charge in [-0.15, -0.1) is 0 Å². The Bertz CT molecular complexity index is 667. The monoisotopic (exact) mass is 305 g/mol. The Hall–Kier alpha value is -2.09. The van der Waals surface area contributed by atoms with Crippen LogP contribution in [0.15, 0.2) is 60.7 Å². The number of benzene rings is 2. The zero-order valence-corrected chi connectivity index (χ0v) is 13.4. The molecule has 1 saturated heterocycles. The van der Waals surface area contributed by atoms with E-state index in [1.54, 1.807) is 0 Å². The largest absolute Gasteiger partial charge is 0.360 e. The number of para-hydroxylation sites is 1. The molecule has 118 valence electrons. The summed E-state index contributed by atoms with van der Waals surface area (Å²) in [5.41, 5.74) is 2.51. The lowest BCUT2D eigenvalue weighted by Gasteiger charge is -2.49. The normalized spacial score (nSPS) is 27.6. The lowest BCUT2D eigenvalue weighted by Crippen LogP contribution is -2.52. The smallest absolute Gasteiger partial charge is 0.140 e. The molecule has 0 radical (unpaired) electrons. The number of hydrogen-bond acceptors (Lipinski definition) is 2. The molecular weight excluding hydrogens is 282 g/mol. The number of nitrogens with zero attached hydrogens (tertiary/aromatic N) is 1. The molecule has 2 aliphatic rings. The summed E-state index contributed by atoms with van der Waals surface area (Å²) in [4.78, 5) is 15.3. The van der Waals surface area contributed by atoms with E-state index in [4.69, 9.17) is 0 Å². The second-order valence-electron chi connectivity index (χ2n) is 6.80. The Balaban J connectivity index is 1.78. The predicted molar refractivity (Wildman–Crippen MR) is 93.5 cm³/mol. The zero-order chi connectivity index (χ0) is 15.6. The summed E-state index contributed by atoms with van der Waals surface area (Å²) in [6.07, 6.45) is 5.27. The van der Waals surface area contributed by atoms with Gasteiger partial charge in [-0.05, 0) is 30.5 Å². The van der Waals surface area contributed by atoms with Gasteiger partial charge in [0.1, 0.15) is 5.78 Å². The van der Waals surface area contributed by atoms with Gasteiger partial charge in [0, 0.05) is 24.1 Å². The summed E-state index contributed by atoms with van der Waals surface area (Å²) in [7, 11) is 0. The molecule has 1 heterocycles. The predicted octanol–water partition coefficient (Wildman–Crippen LogP) is 4.77. The maximum atomic E-state index is 12.8. The molecule has 3 atom stereocenters. The molecule has 0 unspecified atom stereocenters. The number of ketones is 1. The van der Waals surface area contributed by atoms with E-state index in [9.17, 15) is 4.79 Å². The molecule has 0 amide bonds. The van der Waals surface area contributed by atoms with Crippen molar-refractivity contribution in [2.75, 3.05) is 4.90 Å². The number of anilines is 1. The Morgan fingerprint density at radius 2 is 1.48 bits per heavy atom. The van der Waals surface area contributed by atoms with Crippen LogP contribution in [-0.2, 0) is 4.79 Å². The molecule has 1 aliphatic carbocycles. The molecule has 1 saturated carbocycles. The number of rotatable bonds is 2. The third kappa shape index (κ3) is 2.67. The highest BCUT2D eigenvalue weighted by Crippen LogP contribution is 2.44. The van der Waals surface area contributed by atoms with Gasteiger partial charge in [-0.2, -0.15) is 0 Å². The van der Waals surface area contributed by atoms with Crippen LogP contribution in [0.2, 0.25) is 0 Å². The Morgan fingerprint density at radius 1 is 0.826 bits per heavy atom. The van der Waals surface area contributed by atoms with Crippen molar-refractivity contribution in [3.63, 3.8) is 0 Å². The van der Waals surface area contributed by atoms with Crippen LogP contribution in [0.3, 0.4) is 0 Å². The van der Waals surface area contributed by atoms with Crippen LogP contribution in [0.4, 0.5) is 5.69 Å². The maximum Gasteiger partial charge on any atom is 0.140 e. The highest BCUT2D eigenvalue weighted by atomic mass is 16.1. The molecule has 1 aliphatic heterocycles. The average molecular weight is 305 g/mol. The summed E-state index contributed by atoms with van der Waals surface area (Å²) in [6.45, 7) is 0. The highest BCUT2D eigenvalue weighted by molar-refractivity contribution is 5.85. The van der Waals surface area contributed by atoms with Gasteiger partial charge in [-0.1, -0.05) is 61.4 Å². The van der Waals surface area contributed by atoms with E-state index in [1.165, 1.54) is 24.1 Å². The zero-order valence-electron chi connectivity index (χ0n) is 13.4. The standard InChI is InChI=1S/C21H23NO/c23-21-15-20(16-9-3-1-4-10-16)22(17-11-5-2-6-12-17)19-14-8-7-13-18(19)21/h1-6,9-12,18-20H,7-8,13-15H2/t18-,19-,20-/m1/s1. The van der Waals surface area contributed by atoms with Crippen molar-refractivity contribution in [1.82, 2.24) is 0 Å². The van der Waals surface area contributed by atoms with Crippen LogP contribution in [0.25, 0.3) is 0 Å². The topological polar surface area (TPSA) is 20.3 Å².